The van der Waals surface area contributed by atoms with Crippen molar-refractivity contribution in [1.82, 2.24) is 10.6 Å². The van der Waals surface area contributed by atoms with Gasteiger partial charge in [-0.2, -0.15) is 0 Å². The Hall–Kier alpha value is -1.06. The third-order valence-electron chi connectivity index (χ3n) is 3.77. The smallest absolute Gasteiger partial charge is 0.252 e. The molecule has 1 saturated heterocycles. The number of carbonyl (C=O) groups excluding carboxylic acids is 1. The molecule has 0 atom stereocenters. The molecule has 0 unspecified atom stereocenters. The number of nitrogens with zero attached hydrogens (tertiary/aromatic N) is 1. The minimum Gasteiger partial charge on any atom is -0.342 e. The molecule has 0 aromatic rings. The Morgan fingerprint density at radius 1 is 1.06 bits per heavy atom. The molecule has 2 N–H and O–H groups in total. The second kappa shape index (κ2) is 3.47. The highest BCUT2D eigenvalue weighted by Gasteiger charge is 2.54. The molecule has 4 nitrogen and oxygen atoms in total. The highest BCUT2D eigenvalue weighted by atomic mass is 16.2. The van der Waals surface area contributed by atoms with Crippen molar-refractivity contribution < 1.29 is 4.79 Å². The van der Waals surface area contributed by atoms with Crippen molar-refractivity contribution in [3.63, 3.8) is 0 Å². The average molecular weight is 237 g/mol. The van der Waals surface area contributed by atoms with Gasteiger partial charge in [0.2, 0.25) is 0 Å². The summed E-state index contributed by atoms with van der Waals surface area (Å²) >= 11 is 0. The molecule has 1 spiro atoms. The first-order valence-corrected chi connectivity index (χ1v) is 6.25. The van der Waals surface area contributed by atoms with Gasteiger partial charge in [-0.1, -0.05) is 27.7 Å². The molecular formula is C13H23N3O. The Morgan fingerprint density at radius 3 is 2.00 bits per heavy atom. The summed E-state index contributed by atoms with van der Waals surface area (Å²) in [7, 11) is 1.70. The van der Waals surface area contributed by atoms with E-state index < -0.39 is 5.54 Å². The molecule has 0 radical (unpaired) electrons. The van der Waals surface area contributed by atoms with Crippen LogP contribution in [0.15, 0.2) is 4.99 Å². The highest BCUT2D eigenvalue weighted by molar-refractivity contribution is 6.09. The second-order valence-corrected chi connectivity index (χ2v) is 7.09. The lowest BCUT2D eigenvalue weighted by atomic mass is 9.58. The molecular weight excluding hydrogens is 214 g/mol. The average Bonchev–Trinajstić information content (AvgIpc) is 2.37. The fourth-order valence-corrected chi connectivity index (χ4v) is 4.02. The number of rotatable bonds is 0. The van der Waals surface area contributed by atoms with Crippen molar-refractivity contribution >= 4 is 11.9 Å². The Balaban J connectivity index is 2.35. The monoisotopic (exact) mass is 237 g/mol. The lowest BCUT2D eigenvalue weighted by Gasteiger charge is -2.49. The third kappa shape index (κ3) is 2.17. The molecule has 1 saturated carbocycles. The molecule has 96 valence electrons. The van der Waals surface area contributed by atoms with E-state index in [0.29, 0.717) is 5.96 Å². The van der Waals surface area contributed by atoms with Gasteiger partial charge in [0.05, 0.1) is 0 Å². The van der Waals surface area contributed by atoms with Gasteiger partial charge in [-0.05, 0) is 30.1 Å². The van der Waals surface area contributed by atoms with E-state index in [9.17, 15) is 4.79 Å². The van der Waals surface area contributed by atoms with Gasteiger partial charge in [0.25, 0.3) is 5.91 Å². The third-order valence-corrected chi connectivity index (χ3v) is 3.77. The van der Waals surface area contributed by atoms with Crippen LogP contribution in [-0.2, 0) is 4.79 Å². The van der Waals surface area contributed by atoms with Crippen LogP contribution >= 0.6 is 0 Å². The van der Waals surface area contributed by atoms with E-state index in [-0.39, 0.29) is 16.7 Å². The van der Waals surface area contributed by atoms with Crippen molar-refractivity contribution in [2.75, 3.05) is 7.05 Å². The van der Waals surface area contributed by atoms with Gasteiger partial charge in [0.15, 0.2) is 5.96 Å². The number of nitrogens with one attached hydrogen (secondary N) is 2. The van der Waals surface area contributed by atoms with Crippen LogP contribution in [0.5, 0.6) is 0 Å². The molecule has 1 heterocycles. The van der Waals surface area contributed by atoms with E-state index in [0.717, 1.165) is 19.3 Å². The predicted octanol–water partition coefficient (Wildman–Crippen LogP) is 1.67. The lowest BCUT2D eigenvalue weighted by Crippen LogP contribution is -2.56. The number of hydrogen-bond donors (Lipinski definition) is 2. The fourth-order valence-electron chi connectivity index (χ4n) is 4.02. The van der Waals surface area contributed by atoms with Gasteiger partial charge >= 0.3 is 0 Å². The maximum atomic E-state index is 12.2. The summed E-state index contributed by atoms with van der Waals surface area (Å²) in [5.74, 6) is 0.697. The summed E-state index contributed by atoms with van der Waals surface area (Å²) in [6.45, 7) is 8.97. The molecule has 2 aliphatic rings. The van der Waals surface area contributed by atoms with E-state index >= 15 is 0 Å². The van der Waals surface area contributed by atoms with Crippen molar-refractivity contribution in [3.05, 3.63) is 0 Å². The van der Waals surface area contributed by atoms with E-state index in [2.05, 4.69) is 43.3 Å². The maximum absolute atomic E-state index is 12.2. The summed E-state index contributed by atoms with van der Waals surface area (Å²) in [5, 5.41) is 6.15. The second-order valence-electron chi connectivity index (χ2n) is 7.09. The molecule has 1 aliphatic carbocycles. The van der Waals surface area contributed by atoms with Crippen LogP contribution in [0.1, 0.15) is 47.0 Å². The van der Waals surface area contributed by atoms with Crippen molar-refractivity contribution in [2.45, 2.75) is 52.5 Å². The highest BCUT2D eigenvalue weighted by Crippen LogP contribution is 2.50. The summed E-state index contributed by atoms with van der Waals surface area (Å²) in [6, 6.07) is 0. The molecule has 1 amide bonds. The van der Waals surface area contributed by atoms with Gasteiger partial charge in [0.1, 0.15) is 5.54 Å². The molecule has 0 aromatic heterocycles. The molecule has 1 aliphatic heterocycles. The largest absolute Gasteiger partial charge is 0.342 e. The van der Waals surface area contributed by atoms with Crippen LogP contribution in [0.25, 0.3) is 0 Å². The molecule has 0 aromatic carbocycles. The summed E-state index contributed by atoms with van der Waals surface area (Å²) in [5.41, 5.74) is -0.106. The number of aliphatic imine (C=N–C) groups is 1. The van der Waals surface area contributed by atoms with Gasteiger partial charge < -0.3 is 5.32 Å². The SMILES string of the molecule is CN=C1NC(=O)C2(CC(C)(C)CC(C)(C)C2)N1. The zero-order chi connectivity index (χ0) is 12.9. The van der Waals surface area contributed by atoms with Crippen LogP contribution in [0.4, 0.5) is 0 Å². The Labute approximate surface area is 103 Å². The number of hydrogen-bond acceptors (Lipinski definition) is 2. The Bertz CT molecular complexity index is 366. The van der Waals surface area contributed by atoms with Crippen molar-refractivity contribution in [2.24, 2.45) is 15.8 Å². The summed E-state index contributed by atoms with van der Waals surface area (Å²) in [4.78, 5) is 16.3. The Morgan fingerprint density at radius 2 is 1.59 bits per heavy atom. The summed E-state index contributed by atoms with van der Waals surface area (Å²) < 4.78 is 0. The molecule has 2 fully saturated rings. The van der Waals surface area contributed by atoms with E-state index in [4.69, 9.17) is 0 Å². The topological polar surface area (TPSA) is 53.5 Å². The number of carbonyl (C=O) groups is 1. The zero-order valence-electron chi connectivity index (χ0n) is 11.5. The van der Waals surface area contributed by atoms with Crippen LogP contribution in [-0.4, -0.2) is 24.5 Å². The normalized spacial score (nSPS) is 31.4. The zero-order valence-corrected chi connectivity index (χ0v) is 11.5. The van der Waals surface area contributed by atoms with Crippen molar-refractivity contribution in [1.29, 1.82) is 0 Å². The van der Waals surface area contributed by atoms with Crippen LogP contribution in [0, 0.1) is 10.8 Å². The van der Waals surface area contributed by atoms with Crippen molar-refractivity contribution in [3.8, 4) is 0 Å². The number of guanidine groups is 1. The van der Waals surface area contributed by atoms with Gasteiger partial charge in [-0.25, -0.2) is 0 Å². The van der Waals surface area contributed by atoms with Crippen LogP contribution in [0.3, 0.4) is 0 Å². The first-order chi connectivity index (χ1) is 7.68. The van der Waals surface area contributed by atoms with Crippen LogP contribution in [0.2, 0.25) is 0 Å². The Kier molecular flexibility index (Phi) is 2.53. The van der Waals surface area contributed by atoms with E-state index in [1.807, 2.05) is 0 Å². The first kappa shape index (κ1) is 12.4. The van der Waals surface area contributed by atoms with Gasteiger partial charge in [0, 0.05) is 7.05 Å². The van der Waals surface area contributed by atoms with E-state index in [1.54, 1.807) is 7.05 Å². The standard InChI is InChI=1S/C13H23N3O/c1-11(2)6-12(3,4)8-13(7-11)9(17)15-10(14-5)16-13/h6-8H2,1-5H3,(H2,14,15,16,17). The molecule has 0 bridgehead atoms. The van der Waals surface area contributed by atoms with Gasteiger partial charge in [-0.15, -0.1) is 0 Å². The minimum absolute atomic E-state index is 0.0824. The quantitative estimate of drug-likeness (QED) is 0.673. The number of amides is 1. The minimum atomic E-state index is -0.458. The summed E-state index contributed by atoms with van der Waals surface area (Å²) in [6.07, 6.45) is 2.89. The molecule has 4 heteroatoms. The predicted molar refractivity (Wildman–Crippen MR) is 68.8 cm³/mol. The first-order valence-electron chi connectivity index (χ1n) is 6.25. The van der Waals surface area contributed by atoms with E-state index in [1.165, 1.54) is 0 Å². The van der Waals surface area contributed by atoms with Gasteiger partial charge in [-0.3, -0.25) is 15.1 Å². The lowest BCUT2D eigenvalue weighted by molar-refractivity contribution is -0.129. The maximum Gasteiger partial charge on any atom is 0.252 e. The fraction of sp³-hybridized carbons (Fsp3) is 0.846. The molecule has 2 rings (SSSR count). The molecule has 17 heavy (non-hydrogen) atoms. The van der Waals surface area contributed by atoms with Crippen LogP contribution < -0.4 is 10.6 Å².